The molecule has 2 rings (SSSR count). The van der Waals surface area contributed by atoms with Gasteiger partial charge in [-0.15, -0.1) is 0 Å². The topological polar surface area (TPSA) is 84.1 Å². The summed E-state index contributed by atoms with van der Waals surface area (Å²) in [6, 6.07) is 7.46. The van der Waals surface area contributed by atoms with E-state index in [1.54, 1.807) is 11.9 Å². The maximum atomic E-state index is 11.7. The Balaban J connectivity index is 2.16. The number of nitrogen functional groups attached to an aromatic ring is 1. The van der Waals surface area contributed by atoms with Gasteiger partial charge in [-0.05, 0) is 19.1 Å². The summed E-state index contributed by atoms with van der Waals surface area (Å²) < 4.78 is 0. The van der Waals surface area contributed by atoms with Crippen molar-refractivity contribution in [1.29, 1.82) is 0 Å². The van der Waals surface area contributed by atoms with Crippen molar-refractivity contribution in [3.63, 3.8) is 0 Å². The Bertz CT molecular complexity index is 599. The first kappa shape index (κ1) is 13.1. The molecule has 1 aromatic heterocycles. The summed E-state index contributed by atoms with van der Waals surface area (Å²) in [7, 11) is 1.75. The first-order valence-electron chi connectivity index (χ1n) is 6.12. The standard InChI is InChI=1S/C13H17N5O/c1-3-18(2)11(19)8-15-13-12(14)16-9-6-4-5-7-10(9)17-13/h4-7H,3,8H2,1-2H3,(H2,14,16)(H,15,17). The fourth-order valence-corrected chi connectivity index (χ4v) is 1.61. The molecule has 6 nitrogen and oxygen atoms in total. The van der Waals surface area contributed by atoms with E-state index in [9.17, 15) is 4.79 Å². The van der Waals surface area contributed by atoms with Crippen molar-refractivity contribution in [2.24, 2.45) is 0 Å². The molecule has 0 saturated heterocycles. The van der Waals surface area contributed by atoms with Gasteiger partial charge in [-0.25, -0.2) is 9.97 Å². The van der Waals surface area contributed by atoms with Crippen LogP contribution in [-0.4, -0.2) is 40.9 Å². The Morgan fingerprint density at radius 1 is 1.32 bits per heavy atom. The second-order valence-corrected chi connectivity index (χ2v) is 4.21. The van der Waals surface area contributed by atoms with Gasteiger partial charge in [0.25, 0.3) is 0 Å². The molecule has 1 amide bonds. The summed E-state index contributed by atoms with van der Waals surface area (Å²) in [4.78, 5) is 21.9. The van der Waals surface area contributed by atoms with Crippen molar-refractivity contribution in [3.05, 3.63) is 24.3 Å². The van der Waals surface area contributed by atoms with Gasteiger partial charge in [0.15, 0.2) is 11.6 Å². The number of benzene rings is 1. The number of carbonyl (C=O) groups is 1. The number of likely N-dealkylation sites (N-methyl/N-ethyl adjacent to an activating group) is 1. The molecule has 0 aliphatic rings. The zero-order valence-corrected chi connectivity index (χ0v) is 11.1. The van der Waals surface area contributed by atoms with Gasteiger partial charge in [-0.2, -0.15) is 0 Å². The Hall–Kier alpha value is -2.37. The Morgan fingerprint density at radius 2 is 1.95 bits per heavy atom. The van der Waals surface area contributed by atoms with Gasteiger partial charge in [-0.1, -0.05) is 12.1 Å². The van der Waals surface area contributed by atoms with E-state index in [2.05, 4.69) is 15.3 Å². The molecule has 0 radical (unpaired) electrons. The molecule has 0 atom stereocenters. The van der Waals surface area contributed by atoms with E-state index in [1.165, 1.54) is 0 Å². The van der Waals surface area contributed by atoms with Gasteiger partial charge in [0.1, 0.15) is 0 Å². The quantitative estimate of drug-likeness (QED) is 0.859. The third kappa shape index (κ3) is 2.90. The third-order valence-corrected chi connectivity index (χ3v) is 2.90. The predicted octanol–water partition coefficient (Wildman–Crippen LogP) is 1.10. The van der Waals surface area contributed by atoms with Crippen LogP contribution >= 0.6 is 0 Å². The van der Waals surface area contributed by atoms with Crippen LogP contribution in [0.25, 0.3) is 11.0 Å². The lowest BCUT2D eigenvalue weighted by atomic mass is 10.3. The number of hydrogen-bond acceptors (Lipinski definition) is 5. The number of anilines is 2. The summed E-state index contributed by atoms with van der Waals surface area (Å²) in [5.74, 6) is 0.721. The fourth-order valence-electron chi connectivity index (χ4n) is 1.61. The minimum absolute atomic E-state index is 0.0168. The number of nitrogens with two attached hydrogens (primary N) is 1. The van der Waals surface area contributed by atoms with Crippen LogP contribution < -0.4 is 11.1 Å². The highest BCUT2D eigenvalue weighted by Gasteiger charge is 2.09. The SMILES string of the molecule is CCN(C)C(=O)CNc1nc2ccccc2nc1N. The van der Waals surface area contributed by atoms with Gasteiger partial charge in [0, 0.05) is 13.6 Å². The van der Waals surface area contributed by atoms with E-state index < -0.39 is 0 Å². The maximum absolute atomic E-state index is 11.7. The highest BCUT2D eigenvalue weighted by Crippen LogP contribution is 2.17. The molecule has 0 fully saturated rings. The smallest absolute Gasteiger partial charge is 0.241 e. The van der Waals surface area contributed by atoms with Gasteiger partial charge in [-0.3, -0.25) is 4.79 Å². The molecule has 0 aliphatic heterocycles. The van der Waals surface area contributed by atoms with Crippen LogP contribution in [0.1, 0.15) is 6.92 Å². The molecule has 6 heteroatoms. The number of nitrogens with zero attached hydrogens (tertiary/aromatic N) is 3. The highest BCUT2D eigenvalue weighted by molar-refractivity contribution is 5.83. The number of aromatic nitrogens is 2. The number of carbonyl (C=O) groups excluding carboxylic acids is 1. The summed E-state index contributed by atoms with van der Waals surface area (Å²) >= 11 is 0. The molecule has 100 valence electrons. The molecule has 3 N–H and O–H groups in total. The van der Waals surface area contributed by atoms with E-state index in [0.29, 0.717) is 18.2 Å². The molecule has 2 aromatic rings. The van der Waals surface area contributed by atoms with Crippen molar-refractivity contribution in [2.75, 3.05) is 31.2 Å². The normalized spacial score (nSPS) is 10.4. The van der Waals surface area contributed by atoms with E-state index in [0.717, 1.165) is 11.0 Å². The molecule has 1 aromatic carbocycles. The van der Waals surface area contributed by atoms with Crippen LogP contribution in [-0.2, 0) is 4.79 Å². The molecular formula is C13H17N5O. The summed E-state index contributed by atoms with van der Waals surface area (Å²) in [5.41, 5.74) is 7.30. The van der Waals surface area contributed by atoms with E-state index in [1.807, 2.05) is 31.2 Å². The number of para-hydroxylation sites is 2. The van der Waals surface area contributed by atoms with E-state index >= 15 is 0 Å². The number of rotatable bonds is 4. The van der Waals surface area contributed by atoms with Crippen LogP contribution in [0.5, 0.6) is 0 Å². The lowest BCUT2D eigenvalue weighted by molar-refractivity contribution is -0.127. The summed E-state index contributed by atoms with van der Waals surface area (Å²) in [5, 5.41) is 2.93. The first-order chi connectivity index (χ1) is 9.11. The van der Waals surface area contributed by atoms with Gasteiger partial charge >= 0.3 is 0 Å². The van der Waals surface area contributed by atoms with Crippen molar-refractivity contribution >= 4 is 28.6 Å². The lowest BCUT2D eigenvalue weighted by Crippen LogP contribution is -2.32. The summed E-state index contributed by atoms with van der Waals surface area (Å²) in [6.45, 7) is 2.74. The van der Waals surface area contributed by atoms with Crippen LogP contribution in [0.3, 0.4) is 0 Å². The monoisotopic (exact) mass is 259 g/mol. The van der Waals surface area contributed by atoms with Gasteiger partial charge < -0.3 is 16.0 Å². The Labute approximate surface area is 111 Å². The lowest BCUT2D eigenvalue weighted by Gasteiger charge is -2.15. The van der Waals surface area contributed by atoms with Crippen LogP contribution in [0.15, 0.2) is 24.3 Å². The number of hydrogen-bond donors (Lipinski definition) is 2. The van der Waals surface area contributed by atoms with Crippen LogP contribution in [0.2, 0.25) is 0 Å². The maximum Gasteiger partial charge on any atom is 0.241 e. The Kier molecular flexibility index (Phi) is 3.79. The number of nitrogens with one attached hydrogen (secondary N) is 1. The second kappa shape index (κ2) is 5.51. The van der Waals surface area contributed by atoms with E-state index in [4.69, 9.17) is 5.73 Å². The number of fused-ring (bicyclic) bond motifs is 1. The molecule has 1 heterocycles. The summed E-state index contributed by atoms with van der Waals surface area (Å²) in [6.07, 6.45) is 0. The van der Waals surface area contributed by atoms with Crippen LogP contribution in [0.4, 0.5) is 11.6 Å². The zero-order chi connectivity index (χ0) is 13.8. The Morgan fingerprint density at radius 3 is 2.58 bits per heavy atom. The van der Waals surface area contributed by atoms with Crippen molar-refractivity contribution in [1.82, 2.24) is 14.9 Å². The average Bonchev–Trinajstić information content (AvgIpc) is 2.43. The molecular weight excluding hydrogens is 242 g/mol. The molecule has 0 saturated carbocycles. The minimum atomic E-state index is -0.0168. The zero-order valence-electron chi connectivity index (χ0n) is 11.1. The van der Waals surface area contributed by atoms with Crippen molar-refractivity contribution < 1.29 is 4.79 Å². The van der Waals surface area contributed by atoms with Crippen molar-refractivity contribution in [2.45, 2.75) is 6.92 Å². The molecule has 0 unspecified atom stereocenters. The fraction of sp³-hybridized carbons (Fsp3) is 0.308. The second-order valence-electron chi connectivity index (χ2n) is 4.21. The van der Waals surface area contributed by atoms with E-state index in [-0.39, 0.29) is 12.5 Å². The van der Waals surface area contributed by atoms with Crippen LogP contribution in [0, 0.1) is 0 Å². The molecule has 0 aliphatic carbocycles. The largest absolute Gasteiger partial charge is 0.381 e. The average molecular weight is 259 g/mol. The van der Waals surface area contributed by atoms with Crippen molar-refractivity contribution in [3.8, 4) is 0 Å². The highest BCUT2D eigenvalue weighted by atomic mass is 16.2. The third-order valence-electron chi connectivity index (χ3n) is 2.90. The van der Waals surface area contributed by atoms with Gasteiger partial charge in [0.2, 0.25) is 5.91 Å². The predicted molar refractivity (Wildman–Crippen MR) is 75.8 cm³/mol. The number of amides is 1. The molecule has 19 heavy (non-hydrogen) atoms. The van der Waals surface area contributed by atoms with Gasteiger partial charge in [0.05, 0.1) is 17.6 Å². The molecule has 0 spiro atoms. The first-order valence-corrected chi connectivity index (χ1v) is 6.12. The molecule has 0 bridgehead atoms. The minimum Gasteiger partial charge on any atom is -0.381 e.